The molecule has 0 spiro atoms. The number of benzene rings is 3. The van der Waals surface area contributed by atoms with Crippen molar-refractivity contribution in [3.05, 3.63) is 87.9 Å². The van der Waals surface area contributed by atoms with Gasteiger partial charge >= 0.3 is 0 Å². The second-order valence-corrected chi connectivity index (χ2v) is 13.4. The Balaban J connectivity index is 1.88. The van der Waals surface area contributed by atoms with Crippen molar-refractivity contribution in [1.82, 2.24) is 0 Å². The fourth-order valence-electron chi connectivity index (χ4n) is 2.11. The summed E-state index contributed by atoms with van der Waals surface area (Å²) in [5, 5.41) is 8.98. The Morgan fingerprint density at radius 1 is 0.615 bits per heavy atom. The van der Waals surface area contributed by atoms with Crippen LogP contribution in [0, 0.1) is 0 Å². The lowest BCUT2D eigenvalue weighted by atomic mass is 10.3. The van der Waals surface area contributed by atoms with E-state index in [0.29, 0.717) is 15.1 Å². The molecule has 0 fully saturated rings. The Bertz CT molecular complexity index is 794. The molecule has 0 aliphatic carbocycles. The summed E-state index contributed by atoms with van der Waals surface area (Å²) in [5.41, 5.74) is -0.503. The van der Waals surface area contributed by atoms with Gasteiger partial charge in [0.1, 0.15) is 0 Å². The molecular weight excluding hydrogens is 446 g/mol. The van der Waals surface area contributed by atoms with Crippen molar-refractivity contribution in [2.45, 2.75) is 4.90 Å². The number of nitrogens with one attached hydrogen (secondary N) is 2. The summed E-state index contributed by atoms with van der Waals surface area (Å²) in [5.74, 6) is 0. The third kappa shape index (κ3) is 5.82. The van der Waals surface area contributed by atoms with Gasteiger partial charge in [0, 0.05) is 31.3 Å². The highest BCUT2D eigenvalue weighted by Crippen LogP contribution is 2.61. The average Bonchev–Trinajstić information content (AvgIpc) is 2.61. The van der Waals surface area contributed by atoms with Crippen LogP contribution in [-0.2, 0) is 11.8 Å². The van der Waals surface area contributed by atoms with Gasteiger partial charge in [-0.15, -0.1) is 0 Å². The molecule has 8 heteroatoms. The highest BCUT2D eigenvalue weighted by molar-refractivity contribution is 8.71. The van der Waals surface area contributed by atoms with Gasteiger partial charge in [-0.1, -0.05) is 34.8 Å². The smallest absolute Gasteiger partial charge is 0.179 e. The van der Waals surface area contributed by atoms with Crippen LogP contribution in [0.3, 0.4) is 0 Å². The number of anilines is 2. The van der Waals surface area contributed by atoms with Crippen molar-refractivity contribution >= 4 is 74.9 Å². The van der Waals surface area contributed by atoms with Crippen LogP contribution >= 0.6 is 51.7 Å². The van der Waals surface area contributed by atoms with Crippen LogP contribution in [0.2, 0.25) is 15.1 Å². The van der Waals surface area contributed by atoms with Crippen molar-refractivity contribution in [3.8, 4) is 0 Å². The maximum Gasteiger partial charge on any atom is 0.179 e. The molecule has 2 nitrogen and oxygen atoms in total. The van der Waals surface area contributed by atoms with E-state index in [9.17, 15) is 0 Å². The Morgan fingerprint density at radius 2 is 0.962 bits per heavy atom. The summed E-state index contributed by atoms with van der Waals surface area (Å²) >= 11 is 25.5. The van der Waals surface area contributed by atoms with Crippen molar-refractivity contribution in [1.29, 1.82) is 0 Å². The Hall–Kier alpha value is -0.870. The molecule has 0 saturated carbocycles. The summed E-state index contributed by atoms with van der Waals surface area (Å²) in [4.78, 5) is 1.03. The third-order valence-corrected chi connectivity index (χ3v) is 9.06. The molecule has 3 aromatic rings. The summed E-state index contributed by atoms with van der Waals surface area (Å²) in [6.07, 6.45) is 0. The highest BCUT2D eigenvalue weighted by Gasteiger charge is 2.19. The number of hydrogen-bond acceptors (Lipinski definition) is 2. The minimum absolute atomic E-state index is 0.680. The summed E-state index contributed by atoms with van der Waals surface area (Å²) < 4.78 is 0. The second kappa shape index (κ2) is 8.88. The van der Waals surface area contributed by atoms with Gasteiger partial charge in [0.25, 0.3) is 0 Å². The molecule has 0 saturated heterocycles. The Labute approximate surface area is 177 Å². The van der Waals surface area contributed by atoms with Crippen LogP contribution in [0.5, 0.6) is 0 Å². The molecule has 0 aromatic heterocycles. The molecule has 0 amide bonds. The van der Waals surface area contributed by atoms with Crippen LogP contribution in [0.25, 0.3) is 0 Å². The zero-order chi connectivity index (χ0) is 18.6. The van der Waals surface area contributed by atoms with E-state index in [0.717, 1.165) is 16.3 Å². The molecule has 0 radical (unpaired) electrons. The molecule has 3 aromatic carbocycles. The van der Waals surface area contributed by atoms with Crippen LogP contribution in [0.4, 0.5) is 11.4 Å². The summed E-state index contributed by atoms with van der Waals surface area (Å²) in [6.45, 7) is 0. The van der Waals surface area contributed by atoms with Crippen molar-refractivity contribution in [2.24, 2.45) is 0 Å². The minimum atomic E-state index is -2.31. The van der Waals surface area contributed by atoms with E-state index in [1.807, 2.05) is 72.8 Å². The molecule has 0 atom stereocenters. The van der Waals surface area contributed by atoms with E-state index >= 15 is 0 Å². The van der Waals surface area contributed by atoms with Crippen molar-refractivity contribution in [2.75, 3.05) is 10.2 Å². The van der Waals surface area contributed by atoms with Gasteiger partial charge in [-0.3, -0.25) is 0 Å². The van der Waals surface area contributed by atoms with Gasteiger partial charge in [0.2, 0.25) is 0 Å². The average molecular weight is 460 g/mol. The monoisotopic (exact) mass is 458 g/mol. The fraction of sp³-hybridized carbons (Fsp3) is 0. The quantitative estimate of drug-likeness (QED) is 0.363. The summed E-state index contributed by atoms with van der Waals surface area (Å²) in [6, 6.07) is 22.6. The molecule has 26 heavy (non-hydrogen) atoms. The lowest BCUT2D eigenvalue weighted by Gasteiger charge is -2.26. The molecule has 3 rings (SSSR count). The van der Waals surface area contributed by atoms with E-state index in [-0.39, 0.29) is 0 Å². The maximum atomic E-state index is 6.00. The van der Waals surface area contributed by atoms with E-state index in [1.54, 1.807) is 11.4 Å². The molecule has 0 aliphatic heterocycles. The first-order valence-corrected chi connectivity index (χ1v) is 12.9. The van der Waals surface area contributed by atoms with E-state index < -0.39 is 5.54 Å². The standard InChI is InChI=1S/C18H14Cl3N2PS2/c19-13-1-7-16(8-2-13)22-24(25,23-17-9-3-14(20)4-10-17)26-18-11-5-15(21)6-12-18/h1-12H,(H2,22,23,25). The number of rotatable bonds is 6. The zero-order valence-electron chi connectivity index (χ0n) is 13.3. The maximum absolute atomic E-state index is 6.00. The lowest BCUT2D eigenvalue weighted by molar-refractivity contribution is 1.48. The first-order valence-electron chi connectivity index (χ1n) is 7.55. The van der Waals surface area contributed by atoms with Gasteiger partial charge < -0.3 is 10.2 Å². The van der Waals surface area contributed by atoms with Gasteiger partial charge in [-0.25, -0.2) is 0 Å². The Kier molecular flexibility index (Phi) is 6.79. The number of halogens is 3. The first-order chi connectivity index (χ1) is 12.4. The van der Waals surface area contributed by atoms with Gasteiger partial charge in [-0.05, 0) is 96.0 Å². The van der Waals surface area contributed by atoms with Crippen LogP contribution in [0.15, 0.2) is 77.7 Å². The van der Waals surface area contributed by atoms with Crippen LogP contribution in [0.1, 0.15) is 0 Å². The predicted octanol–water partition coefficient (Wildman–Crippen LogP) is 8.19. The topological polar surface area (TPSA) is 24.1 Å². The van der Waals surface area contributed by atoms with Crippen molar-refractivity contribution in [3.63, 3.8) is 0 Å². The molecule has 134 valence electrons. The minimum Gasteiger partial charge on any atom is -0.334 e. The lowest BCUT2D eigenvalue weighted by Crippen LogP contribution is -2.03. The first kappa shape index (κ1) is 19.9. The van der Waals surface area contributed by atoms with E-state index in [4.69, 9.17) is 46.6 Å². The SMILES string of the molecule is S=P(Nc1ccc(Cl)cc1)(Nc1ccc(Cl)cc1)Sc1ccc(Cl)cc1. The summed E-state index contributed by atoms with van der Waals surface area (Å²) in [7, 11) is 0. The highest BCUT2D eigenvalue weighted by atomic mass is 35.5. The largest absolute Gasteiger partial charge is 0.334 e. The molecule has 0 heterocycles. The Morgan fingerprint density at radius 3 is 1.35 bits per heavy atom. The zero-order valence-corrected chi connectivity index (χ0v) is 18.1. The van der Waals surface area contributed by atoms with Gasteiger partial charge in [0.05, 0.1) is 0 Å². The van der Waals surface area contributed by atoms with E-state index in [1.165, 1.54) is 0 Å². The predicted molar refractivity (Wildman–Crippen MR) is 122 cm³/mol. The second-order valence-electron chi connectivity index (χ2n) is 5.33. The normalized spacial score (nSPS) is 11.2. The van der Waals surface area contributed by atoms with Crippen LogP contribution in [-0.4, -0.2) is 0 Å². The fourth-order valence-corrected chi connectivity index (χ4v) is 7.73. The van der Waals surface area contributed by atoms with Crippen LogP contribution < -0.4 is 10.2 Å². The molecule has 2 N–H and O–H groups in total. The third-order valence-electron chi connectivity index (χ3n) is 3.29. The van der Waals surface area contributed by atoms with Crippen molar-refractivity contribution < 1.29 is 0 Å². The molecular formula is C18H14Cl3N2PS2. The number of hydrogen-bond donors (Lipinski definition) is 2. The van der Waals surface area contributed by atoms with E-state index in [2.05, 4.69) is 10.2 Å². The molecule has 0 aliphatic rings. The molecule has 0 unspecified atom stereocenters. The van der Waals surface area contributed by atoms with Gasteiger partial charge in [0.15, 0.2) is 5.54 Å². The molecule has 0 bridgehead atoms. The van der Waals surface area contributed by atoms with Gasteiger partial charge in [-0.2, -0.15) is 0 Å².